The third kappa shape index (κ3) is 10.6. The van der Waals surface area contributed by atoms with E-state index < -0.39 is 17.4 Å². The van der Waals surface area contributed by atoms with Crippen molar-refractivity contribution in [2.75, 3.05) is 18.8 Å². The molecule has 0 aromatic carbocycles. The van der Waals surface area contributed by atoms with Crippen LogP contribution in [0.3, 0.4) is 0 Å². The van der Waals surface area contributed by atoms with Crippen molar-refractivity contribution in [2.24, 2.45) is 5.92 Å². The Bertz CT molecular complexity index is 914. The number of carboxylic acids is 1. The second-order valence-corrected chi connectivity index (χ2v) is 11.5. The molecule has 2 saturated heterocycles. The van der Waals surface area contributed by atoms with E-state index in [4.69, 9.17) is 24.1 Å². The van der Waals surface area contributed by atoms with Gasteiger partial charge in [0.05, 0.1) is 24.3 Å². The highest BCUT2D eigenvalue weighted by atomic mass is 32.2. The number of carboxylic acid groups (broad SMARTS) is 1. The van der Waals surface area contributed by atoms with Gasteiger partial charge in [0.1, 0.15) is 6.10 Å². The Kier molecular flexibility index (Phi) is 14.0. The van der Waals surface area contributed by atoms with Crippen LogP contribution >= 0.6 is 11.8 Å². The average molecular weight is 565 g/mol. The van der Waals surface area contributed by atoms with Crippen LogP contribution in [0.2, 0.25) is 0 Å². The van der Waals surface area contributed by atoms with E-state index in [1.54, 1.807) is 31.7 Å². The van der Waals surface area contributed by atoms with Gasteiger partial charge in [0.15, 0.2) is 5.79 Å². The van der Waals surface area contributed by atoms with Crippen molar-refractivity contribution in [3.8, 4) is 0 Å². The van der Waals surface area contributed by atoms with Crippen LogP contribution in [0.5, 0.6) is 0 Å². The normalized spacial score (nSPS) is 30.4. The summed E-state index contributed by atoms with van der Waals surface area (Å²) < 4.78 is 25.1. The first kappa shape index (κ1) is 33.3. The Balaban J connectivity index is 2.27. The zero-order chi connectivity index (χ0) is 28.9. The first-order valence-electron chi connectivity index (χ1n) is 14.2. The molecule has 1 spiro atoms. The number of thioether (sulfide) groups is 1. The van der Waals surface area contributed by atoms with Crippen LogP contribution in [0.25, 0.3) is 0 Å². The highest BCUT2D eigenvalue weighted by molar-refractivity contribution is 7.98. The lowest BCUT2D eigenvalue weighted by Crippen LogP contribution is -2.59. The van der Waals surface area contributed by atoms with Crippen molar-refractivity contribution in [3.63, 3.8) is 0 Å². The molecule has 2 aliphatic rings. The largest absolute Gasteiger partial charge is 0.478 e. The van der Waals surface area contributed by atoms with Crippen molar-refractivity contribution >= 4 is 23.7 Å². The van der Waals surface area contributed by atoms with Gasteiger partial charge in [-0.25, -0.2) is 9.59 Å². The Morgan fingerprint density at radius 1 is 1.08 bits per heavy atom. The van der Waals surface area contributed by atoms with E-state index in [1.165, 1.54) is 12.2 Å². The van der Waals surface area contributed by atoms with Crippen LogP contribution in [-0.4, -0.2) is 59.4 Å². The summed E-state index contributed by atoms with van der Waals surface area (Å²) >= 11 is 1.64. The van der Waals surface area contributed by atoms with Gasteiger partial charge in [0.2, 0.25) is 0 Å². The Morgan fingerprint density at radius 3 is 2.51 bits per heavy atom. The summed E-state index contributed by atoms with van der Waals surface area (Å²) in [6.07, 6.45) is 19.0. The number of carbonyl (C=O) groups excluding carboxylic acids is 1. The fourth-order valence-corrected chi connectivity index (χ4v) is 5.53. The molecule has 2 rings (SSSR count). The molecular formula is C31H48O7S. The Hall–Kier alpha value is -1.87. The van der Waals surface area contributed by atoms with Crippen molar-refractivity contribution < 1.29 is 33.6 Å². The van der Waals surface area contributed by atoms with E-state index in [-0.39, 0.29) is 18.2 Å². The predicted octanol–water partition coefficient (Wildman–Crippen LogP) is 6.99. The van der Waals surface area contributed by atoms with Gasteiger partial charge in [0, 0.05) is 25.0 Å². The van der Waals surface area contributed by atoms with Crippen LogP contribution in [0.4, 0.5) is 0 Å². The number of ether oxygens (including phenoxy) is 4. The fourth-order valence-electron chi connectivity index (χ4n) is 5.18. The van der Waals surface area contributed by atoms with E-state index in [9.17, 15) is 9.59 Å². The Morgan fingerprint density at radius 2 is 1.85 bits per heavy atom. The molecule has 0 amide bonds. The summed E-state index contributed by atoms with van der Waals surface area (Å²) in [5.41, 5.74) is 1.14. The van der Waals surface area contributed by atoms with Crippen LogP contribution in [0, 0.1) is 5.92 Å². The number of rotatable bonds is 14. The van der Waals surface area contributed by atoms with Gasteiger partial charge in [-0.2, -0.15) is 0 Å². The number of esters is 1. The van der Waals surface area contributed by atoms with Gasteiger partial charge >= 0.3 is 11.9 Å². The number of allylic oxidation sites excluding steroid dienone is 4. The minimum atomic E-state index is -0.970. The maximum absolute atomic E-state index is 11.6. The summed E-state index contributed by atoms with van der Waals surface area (Å²) in [5, 5.41) is 9.16. The summed E-state index contributed by atoms with van der Waals surface area (Å²) in [6, 6.07) is 0. The molecule has 0 aromatic rings. The number of carbonyl (C=O) groups is 2. The molecule has 7 nitrogen and oxygen atoms in total. The molecule has 8 heteroatoms. The predicted molar refractivity (Wildman–Crippen MR) is 157 cm³/mol. The van der Waals surface area contributed by atoms with Gasteiger partial charge in [-0.15, -0.1) is 11.8 Å². The van der Waals surface area contributed by atoms with Crippen molar-refractivity contribution in [1.29, 1.82) is 0 Å². The second kappa shape index (κ2) is 16.4. The number of unbranched alkanes of at least 4 members (excludes halogenated alkanes) is 1. The highest BCUT2D eigenvalue weighted by Gasteiger charge is 2.53. The molecular weight excluding hydrogens is 516 g/mol. The van der Waals surface area contributed by atoms with Crippen molar-refractivity contribution in [1.82, 2.24) is 0 Å². The molecule has 2 heterocycles. The maximum atomic E-state index is 11.6. The van der Waals surface area contributed by atoms with Crippen molar-refractivity contribution in [3.05, 3.63) is 47.6 Å². The lowest BCUT2D eigenvalue weighted by Gasteiger charge is -2.53. The zero-order valence-corrected chi connectivity index (χ0v) is 25.4. The van der Waals surface area contributed by atoms with E-state index in [2.05, 4.69) is 19.9 Å². The van der Waals surface area contributed by atoms with Crippen LogP contribution in [-0.2, 0) is 28.5 Å². The molecule has 2 aliphatic heterocycles. The molecule has 220 valence electrons. The zero-order valence-electron chi connectivity index (χ0n) is 24.6. The smallest absolute Gasteiger partial charge is 0.330 e. The number of hydrogen-bond donors (Lipinski definition) is 1. The van der Waals surface area contributed by atoms with Crippen molar-refractivity contribution in [2.45, 2.75) is 110 Å². The summed E-state index contributed by atoms with van der Waals surface area (Å²) in [7, 11) is 0. The van der Waals surface area contributed by atoms with Gasteiger partial charge in [0.25, 0.3) is 0 Å². The lowest BCUT2D eigenvalue weighted by molar-refractivity contribution is -0.346. The van der Waals surface area contributed by atoms with Crippen LogP contribution < -0.4 is 0 Å². The molecule has 0 radical (unpaired) electrons. The first-order chi connectivity index (χ1) is 18.6. The summed E-state index contributed by atoms with van der Waals surface area (Å²) in [4.78, 5) is 22.8. The van der Waals surface area contributed by atoms with E-state index >= 15 is 0 Å². The molecule has 39 heavy (non-hydrogen) atoms. The molecule has 0 saturated carbocycles. The molecule has 1 N–H and O–H groups in total. The summed E-state index contributed by atoms with van der Waals surface area (Å²) in [5.74, 6) is -1.09. The summed E-state index contributed by atoms with van der Waals surface area (Å²) in [6.45, 7) is 10.3. The number of hydrogen-bond acceptors (Lipinski definition) is 7. The average Bonchev–Trinajstić information content (AvgIpc) is 2.90. The molecule has 0 bridgehead atoms. The lowest BCUT2D eigenvalue weighted by atomic mass is 9.78. The first-order valence-corrected chi connectivity index (χ1v) is 15.6. The molecule has 0 aromatic heterocycles. The van der Waals surface area contributed by atoms with Gasteiger partial charge in [-0.3, -0.25) is 0 Å². The number of aliphatic carboxylic acids is 1. The van der Waals surface area contributed by atoms with Gasteiger partial charge in [-0.1, -0.05) is 56.6 Å². The fraction of sp³-hybridized carbons (Fsp3) is 0.677. The van der Waals surface area contributed by atoms with Crippen LogP contribution in [0.15, 0.2) is 47.6 Å². The Labute approximate surface area is 239 Å². The second-order valence-electron chi connectivity index (χ2n) is 10.7. The molecule has 2 fully saturated rings. The topological polar surface area (TPSA) is 91.3 Å². The third-order valence-electron chi connectivity index (χ3n) is 7.51. The van der Waals surface area contributed by atoms with E-state index in [0.29, 0.717) is 24.0 Å². The third-order valence-corrected chi connectivity index (χ3v) is 7.87. The molecule has 0 unspecified atom stereocenters. The minimum absolute atomic E-state index is 0.0155. The monoisotopic (exact) mass is 564 g/mol. The highest BCUT2D eigenvalue weighted by Crippen LogP contribution is 2.48. The van der Waals surface area contributed by atoms with E-state index in [1.807, 2.05) is 25.3 Å². The maximum Gasteiger partial charge on any atom is 0.330 e. The standard InChI is InChI=1S/C31H48O7S/c1-7-9-17-30(36-22-39-6)19-20-31(38-27(30)14-11-24(4)21-28(32)33)18-16-25(5)26(37-31)13-10-23(3)12-15-29(34)35-8-2/h10-12,14-15,21,25-27H,7-9,13,16-20,22H2,1-6H3,(H,32,33)/b14-11+,15-12?,23-10+,24-21+/t25-,26+,27-,30+,31-/m0/s1. The van der Waals surface area contributed by atoms with Gasteiger partial charge < -0.3 is 24.1 Å². The molecule has 5 atom stereocenters. The van der Waals surface area contributed by atoms with Gasteiger partial charge in [-0.05, 0) is 64.2 Å². The minimum Gasteiger partial charge on any atom is -0.478 e. The van der Waals surface area contributed by atoms with E-state index in [0.717, 1.165) is 56.9 Å². The van der Waals surface area contributed by atoms with Crippen LogP contribution in [0.1, 0.15) is 86.0 Å². The quantitative estimate of drug-likeness (QED) is 0.105. The molecule has 0 aliphatic carbocycles. The SMILES string of the molecule is CCCC[C@@]1(OCSC)CC[C@]2(CC[C@H](C)[C@@H](C/C=C(\C)C=CC(=O)OCC)O2)O[C@H]1/C=C/C(C)=C/C(=O)O.